The maximum absolute atomic E-state index is 1.56. The van der Waals surface area contributed by atoms with E-state index in [-0.39, 0.29) is 29.6 Å². The van der Waals surface area contributed by atoms with Gasteiger partial charge in [-0.05, 0) is 37.0 Å². The van der Waals surface area contributed by atoms with Crippen LogP contribution >= 0.6 is 8.58 Å². The average molecular weight is 221 g/mol. The molecule has 0 nitrogen and oxygen atoms in total. The van der Waals surface area contributed by atoms with Gasteiger partial charge < -0.3 is 0 Å². The Balaban J connectivity index is 0.000000980. The molecule has 2 rings (SSSR count). The van der Waals surface area contributed by atoms with Crippen LogP contribution in [-0.4, -0.2) is 11.3 Å². The largest absolute Gasteiger partial charge is 1.00 e. The van der Waals surface area contributed by atoms with Crippen LogP contribution in [0.15, 0.2) is 0 Å². The van der Waals surface area contributed by atoms with Gasteiger partial charge in [0.2, 0.25) is 0 Å². The summed E-state index contributed by atoms with van der Waals surface area (Å²) in [5.41, 5.74) is 2.30. The Hall–Kier alpha value is 1.43. The molecule has 0 radical (unpaired) electrons. The van der Waals surface area contributed by atoms with Gasteiger partial charge in [-0.25, -0.2) is 0 Å². The first-order valence-corrected chi connectivity index (χ1v) is 7.37. The van der Waals surface area contributed by atoms with E-state index in [1.165, 1.54) is 47.1 Å². The predicted octanol–water partition coefficient (Wildman–Crippen LogP) is 1.33. The summed E-state index contributed by atoms with van der Waals surface area (Å²) in [6, 6.07) is 0. The molecular weight excluding hydrogens is 198 g/mol. The zero-order valence-electron chi connectivity index (χ0n) is 9.73. The van der Waals surface area contributed by atoms with Gasteiger partial charge in [-0.2, -0.15) is 0 Å². The molecule has 0 heterocycles. The molecule has 0 aromatic carbocycles. The van der Waals surface area contributed by atoms with Crippen molar-refractivity contribution in [2.24, 2.45) is 0 Å². The van der Waals surface area contributed by atoms with Crippen LogP contribution in [0, 0.1) is 0 Å². The fourth-order valence-corrected chi connectivity index (χ4v) is 5.02. The third kappa shape index (κ3) is 4.52. The van der Waals surface area contributed by atoms with Crippen LogP contribution < -0.4 is 29.6 Å². The van der Waals surface area contributed by atoms with Crippen LogP contribution in [0.2, 0.25) is 0 Å². The normalized spacial score (nSPS) is 25.7. The quantitative estimate of drug-likeness (QED) is 0.487. The first kappa shape index (κ1) is 13.5. The molecule has 2 aliphatic rings. The second-order valence-electron chi connectivity index (χ2n) is 4.84. The van der Waals surface area contributed by atoms with Crippen molar-refractivity contribution >= 4 is 8.58 Å². The van der Waals surface area contributed by atoms with Crippen molar-refractivity contribution in [2.75, 3.05) is 0 Å². The molecule has 2 heteroatoms. The van der Waals surface area contributed by atoms with Crippen molar-refractivity contribution in [3.8, 4) is 0 Å². The monoisotopic (exact) mass is 221 g/mol. The molecule has 0 saturated heterocycles. The summed E-state index contributed by atoms with van der Waals surface area (Å²) in [4.78, 5) is 0. The Morgan fingerprint density at radius 1 is 0.571 bits per heavy atom. The Labute approximate surface area is 113 Å². The molecular formula is C12H23NaP+. The molecule has 14 heavy (non-hydrogen) atoms. The molecule has 2 aliphatic carbocycles. The third-order valence-corrected chi connectivity index (χ3v) is 5.78. The van der Waals surface area contributed by atoms with Crippen LogP contribution in [-0.2, 0) is 0 Å². The molecule has 76 valence electrons. The summed E-state index contributed by atoms with van der Waals surface area (Å²) in [5, 5.41) is 0. The maximum atomic E-state index is 1.56. The summed E-state index contributed by atoms with van der Waals surface area (Å²) in [7, 11) is 1.33. The third-order valence-electron chi connectivity index (χ3n) is 3.68. The molecule has 0 aromatic heterocycles. The topological polar surface area (TPSA) is 0 Å². The standard InChI is InChI=1S/C12H23P.Na/c1-3-7-11(8-4-1)13-12-9-5-2-6-10-12;/h11-13H,1-10H2;/q;+1. The Morgan fingerprint density at radius 3 is 1.29 bits per heavy atom. The van der Waals surface area contributed by atoms with Gasteiger partial charge in [-0.15, -0.1) is 8.58 Å². The van der Waals surface area contributed by atoms with E-state index >= 15 is 0 Å². The fourth-order valence-electron chi connectivity index (χ4n) is 2.87. The van der Waals surface area contributed by atoms with Gasteiger partial charge >= 0.3 is 29.6 Å². The second kappa shape index (κ2) is 7.66. The first-order valence-electron chi connectivity index (χ1n) is 6.21. The Bertz CT molecular complexity index is 121. The van der Waals surface area contributed by atoms with Gasteiger partial charge in [0.25, 0.3) is 0 Å². The number of hydrogen-bond donors (Lipinski definition) is 0. The van der Waals surface area contributed by atoms with Crippen LogP contribution in [0.4, 0.5) is 0 Å². The maximum Gasteiger partial charge on any atom is 1.00 e. The fraction of sp³-hybridized carbons (Fsp3) is 1.00. The zero-order chi connectivity index (χ0) is 8.93. The summed E-state index contributed by atoms with van der Waals surface area (Å²) in [5.74, 6) is 0. The summed E-state index contributed by atoms with van der Waals surface area (Å²) in [6.07, 6.45) is 15.4. The van der Waals surface area contributed by atoms with Crippen LogP contribution in [0.3, 0.4) is 0 Å². The molecule has 0 amide bonds. The summed E-state index contributed by atoms with van der Waals surface area (Å²) >= 11 is 0. The van der Waals surface area contributed by atoms with Crippen LogP contribution in [0.25, 0.3) is 0 Å². The van der Waals surface area contributed by atoms with Crippen molar-refractivity contribution in [2.45, 2.75) is 75.5 Å². The average Bonchev–Trinajstić information content (AvgIpc) is 2.21. The molecule has 0 spiro atoms. The van der Waals surface area contributed by atoms with Gasteiger partial charge in [-0.3, -0.25) is 0 Å². The van der Waals surface area contributed by atoms with Gasteiger partial charge in [0.15, 0.2) is 0 Å². The Morgan fingerprint density at radius 2 is 0.929 bits per heavy atom. The Kier molecular flexibility index (Phi) is 7.39. The minimum absolute atomic E-state index is 0. The number of hydrogen-bond acceptors (Lipinski definition) is 0. The van der Waals surface area contributed by atoms with E-state index < -0.39 is 0 Å². The van der Waals surface area contributed by atoms with E-state index in [1.54, 1.807) is 25.7 Å². The summed E-state index contributed by atoms with van der Waals surface area (Å²) < 4.78 is 0. The van der Waals surface area contributed by atoms with Crippen LogP contribution in [0.1, 0.15) is 64.2 Å². The number of rotatable bonds is 2. The first-order chi connectivity index (χ1) is 6.45. The van der Waals surface area contributed by atoms with Crippen molar-refractivity contribution in [1.29, 1.82) is 0 Å². The molecule has 0 aromatic rings. The van der Waals surface area contributed by atoms with Crippen LogP contribution in [0.5, 0.6) is 0 Å². The molecule has 0 unspecified atom stereocenters. The van der Waals surface area contributed by atoms with E-state index in [0.29, 0.717) is 0 Å². The van der Waals surface area contributed by atoms with Crippen molar-refractivity contribution in [3.05, 3.63) is 0 Å². The minimum atomic E-state index is 0. The van der Waals surface area contributed by atoms with E-state index in [9.17, 15) is 0 Å². The van der Waals surface area contributed by atoms with Crippen molar-refractivity contribution < 1.29 is 29.6 Å². The predicted molar refractivity (Wildman–Crippen MR) is 62.1 cm³/mol. The van der Waals surface area contributed by atoms with Gasteiger partial charge in [-0.1, -0.05) is 38.5 Å². The van der Waals surface area contributed by atoms with E-state index in [2.05, 4.69) is 0 Å². The summed E-state index contributed by atoms with van der Waals surface area (Å²) in [6.45, 7) is 0. The van der Waals surface area contributed by atoms with Gasteiger partial charge in [0, 0.05) is 0 Å². The molecule has 0 atom stereocenters. The van der Waals surface area contributed by atoms with Crippen molar-refractivity contribution in [1.82, 2.24) is 0 Å². The second-order valence-corrected chi connectivity index (χ2v) is 6.80. The molecule has 0 bridgehead atoms. The molecule has 0 N–H and O–H groups in total. The van der Waals surface area contributed by atoms with Crippen molar-refractivity contribution in [3.63, 3.8) is 0 Å². The smallest absolute Gasteiger partial charge is 0.116 e. The minimum Gasteiger partial charge on any atom is -0.116 e. The SMILES string of the molecule is C1CCC(PC2CCCCC2)CC1.[Na+]. The van der Waals surface area contributed by atoms with Gasteiger partial charge in [0.05, 0.1) is 0 Å². The van der Waals surface area contributed by atoms with E-state index in [4.69, 9.17) is 0 Å². The zero-order valence-corrected chi connectivity index (χ0v) is 12.7. The van der Waals surface area contributed by atoms with Gasteiger partial charge in [0.1, 0.15) is 0 Å². The van der Waals surface area contributed by atoms with E-state index in [0.717, 1.165) is 11.3 Å². The molecule has 2 fully saturated rings. The van der Waals surface area contributed by atoms with E-state index in [1.807, 2.05) is 0 Å². The molecule has 0 aliphatic heterocycles. The molecule has 2 saturated carbocycles.